The Balaban J connectivity index is 1.43. The van der Waals surface area contributed by atoms with Crippen LogP contribution in [0.3, 0.4) is 0 Å². The van der Waals surface area contributed by atoms with Gasteiger partial charge in [-0.05, 0) is 17.7 Å². The predicted octanol–water partition coefficient (Wildman–Crippen LogP) is 2.67. The molecule has 2 amide bonds. The van der Waals surface area contributed by atoms with Crippen LogP contribution < -0.4 is 15.1 Å². The number of aromatic nitrogens is 2. The highest BCUT2D eigenvalue weighted by Crippen LogP contribution is 2.27. The Morgan fingerprint density at radius 1 is 1.10 bits per heavy atom. The average molecular weight is 403 g/mol. The molecule has 0 radical (unpaired) electrons. The summed E-state index contributed by atoms with van der Waals surface area (Å²) in [5.41, 5.74) is 3.89. The molecule has 1 aromatic heterocycles. The van der Waals surface area contributed by atoms with E-state index in [1.165, 1.54) is 4.90 Å². The Morgan fingerprint density at radius 2 is 1.83 bits per heavy atom. The molecule has 2 aromatic carbocycles. The second-order valence-corrected chi connectivity index (χ2v) is 7.54. The molecule has 1 N–H and O–H groups in total. The Kier molecular flexibility index (Phi) is 5.52. The maximum absolute atomic E-state index is 12.5. The van der Waals surface area contributed by atoms with Crippen LogP contribution in [0.25, 0.3) is 11.3 Å². The molecule has 1 aliphatic rings. The van der Waals surface area contributed by atoms with E-state index in [2.05, 4.69) is 10.4 Å². The van der Waals surface area contributed by atoms with Crippen LogP contribution in [0.15, 0.2) is 60.7 Å². The summed E-state index contributed by atoms with van der Waals surface area (Å²) in [7, 11) is 3.97. The van der Waals surface area contributed by atoms with Gasteiger partial charge in [0.25, 0.3) is 0 Å². The van der Waals surface area contributed by atoms with Gasteiger partial charge in [0, 0.05) is 44.4 Å². The van der Waals surface area contributed by atoms with Gasteiger partial charge in [-0.25, -0.2) is 4.68 Å². The molecule has 0 saturated heterocycles. The first-order valence-electron chi connectivity index (χ1n) is 9.98. The molecule has 0 aliphatic carbocycles. The van der Waals surface area contributed by atoms with E-state index in [1.54, 1.807) is 4.68 Å². The third-order valence-electron chi connectivity index (χ3n) is 5.19. The molecule has 0 unspecified atom stereocenters. The maximum Gasteiger partial charge on any atom is 0.240 e. The van der Waals surface area contributed by atoms with E-state index in [9.17, 15) is 9.59 Å². The molecule has 0 saturated carbocycles. The van der Waals surface area contributed by atoms with Crippen LogP contribution in [0.5, 0.6) is 0 Å². The molecule has 7 nitrogen and oxygen atoms in total. The molecular formula is C23H25N5O2. The molecule has 0 spiro atoms. The Hall–Kier alpha value is -3.61. The number of hydrogen-bond acceptors (Lipinski definition) is 4. The number of rotatable bonds is 6. The van der Waals surface area contributed by atoms with E-state index in [0.29, 0.717) is 25.3 Å². The van der Waals surface area contributed by atoms with Gasteiger partial charge in [0.15, 0.2) is 0 Å². The summed E-state index contributed by atoms with van der Waals surface area (Å²) in [5, 5.41) is 7.52. The minimum absolute atomic E-state index is 0.0193. The number of benzene rings is 2. The van der Waals surface area contributed by atoms with Gasteiger partial charge in [-0.15, -0.1) is 0 Å². The van der Waals surface area contributed by atoms with Crippen LogP contribution in [0.4, 0.5) is 11.5 Å². The molecule has 0 fully saturated rings. The molecule has 154 valence electrons. The summed E-state index contributed by atoms with van der Waals surface area (Å²) >= 11 is 0. The molecular weight excluding hydrogens is 378 g/mol. The molecule has 2 heterocycles. The third kappa shape index (κ3) is 4.20. The molecule has 3 aromatic rings. The monoisotopic (exact) mass is 403 g/mol. The van der Waals surface area contributed by atoms with E-state index in [4.69, 9.17) is 0 Å². The summed E-state index contributed by atoms with van der Waals surface area (Å²) in [6, 6.07) is 19.7. The number of carbonyl (C=O) groups is 2. The smallest absolute Gasteiger partial charge is 0.240 e. The van der Waals surface area contributed by atoms with Crippen molar-refractivity contribution >= 4 is 23.3 Å². The number of aryl methyl sites for hydroxylation is 1. The molecule has 1 aliphatic heterocycles. The number of nitrogens with zero attached hydrogens (tertiary/aromatic N) is 4. The van der Waals surface area contributed by atoms with E-state index in [0.717, 1.165) is 22.5 Å². The lowest BCUT2D eigenvalue weighted by atomic mass is 10.1. The molecule has 30 heavy (non-hydrogen) atoms. The van der Waals surface area contributed by atoms with Gasteiger partial charge in [0.05, 0.1) is 12.2 Å². The molecule has 0 atom stereocenters. The lowest BCUT2D eigenvalue weighted by molar-refractivity contribution is -0.124. The van der Waals surface area contributed by atoms with Crippen molar-refractivity contribution in [2.24, 2.45) is 0 Å². The van der Waals surface area contributed by atoms with Crippen molar-refractivity contribution < 1.29 is 9.59 Å². The number of anilines is 2. The van der Waals surface area contributed by atoms with Gasteiger partial charge >= 0.3 is 0 Å². The summed E-state index contributed by atoms with van der Waals surface area (Å²) in [5.74, 6) is 0.402. The standard InChI is InChI=1S/C23H25N5O2/c1-26(2)19-10-8-17(9-11-19)15-24-21(29)16-27-22-14-20(18-6-4-3-5-7-18)25-28(22)13-12-23(27)30/h3-11,14H,12-13,15-16H2,1-2H3,(H,24,29). The minimum atomic E-state index is -0.198. The van der Waals surface area contributed by atoms with Gasteiger partial charge in [-0.3, -0.25) is 14.5 Å². The Bertz CT molecular complexity index is 1040. The predicted molar refractivity (Wildman–Crippen MR) is 117 cm³/mol. The second kappa shape index (κ2) is 8.41. The molecule has 0 bridgehead atoms. The van der Waals surface area contributed by atoms with E-state index < -0.39 is 0 Å². The fourth-order valence-corrected chi connectivity index (χ4v) is 3.48. The van der Waals surface area contributed by atoms with E-state index in [1.807, 2.05) is 79.7 Å². The van der Waals surface area contributed by atoms with Crippen LogP contribution in [-0.4, -0.2) is 42.2 Å². The van der Waals surface area contributed by atoms with Crippen molar-refractivity contribution in [1.29, 1.82) is 0 Å². The van der Waals surface area contributed by atoms with Gasteiger partial charge in [0.2, 0.25) is 11.8 Å². The van der Waals surface area contributed by atoms with E-state index in [-0.39, 0.29) is 18.4 Å². The quantitative estimate of drug-likeness (QED) is 0.687. The first-order valence-corrected chi connectivity index (χ1v) is 9.98. The Labute approximate surface area is 175 Å². The normalized spacial score (nSPS) is 13.1. The average Bonchev–Trinajstić information content (AvgIpc) is 3.20. The molecule has 4 rings (SSSR count). The number of hydrogen-bond donors (Lipinski definition) is 1. The van der Waals surface area contributed by atoms with E-state index >= 15 is 0 Å². The summed E-state index contributed by atoms with van der Waals surface area (Å²) < 4.78 is 1.80. The fraction of sp³-hybridized carbons (Fsp3) is 0.261. The maximum atomic E-state index is 12.5. The van der Waals surface area contributed by atoms with Crippen molar-refractivity contribution in [3.8, 4) is 11.3 Å². The minimum Gasteiger partial charge on any atom is -0.378 e. The summed E-state index contributed by atoms with van der Waals surface area (Å²) in [4.78, 5) is 28.6. The molecule has 7 heteroatoms. The summed E-state index contributed by atoms with van der Waals surface area (Å²) in [6.07, 6.45) is 0.336. The third-order valence-corrected chi connectivity index (χ3v) is 5.19. The number of carbonyl (C=O) groups excluding carboxylic acids is 2. The lowest BCUT2D eigenvalue weighted by Gasteiger charge is -2.26. The van der Waals surface area contributed by atoms with Crippen LogP contribution >= 0.6 is 0 Å². The van der Waals surface area contributed by atoms with Gasteiger partial charge in [-0.2, -0.15) is 5.10 Å². The van der Waals surface area contributed by atoms with Crippen LogP contribution in [0.1, 0.15) is 12.0 Å². The van der Waals surface area contributed by atoms with Crippen LogP contribution in [0, 0.1) is 0 Å². The van der Waals surface area contributed by atoms with Crippen molar-refractivity contribution in [2.75, 3.05) is 30.4 Å². The fourth-order valence-electron chi connectivity index (χ4n) is 3.48. The first-order chi connectivity index (χ1) is 14.5. The lowest BCUT2D eigenvalue weighted by Crippen LogP contribution is -2.44. The zero-order valence-electron chi connectivity index (χ0n) is 17.2. The van der Waals surface area contributed by atoms with Gasteiger partial charge in [0.1, 0.15) is 12.4 Å². The summed E-state index contributed by atoms with van der Waals surface area (Å²) in [6.45, 7) is 0.926. The highest BCUT2D eigenvalue weighted by atomic mass is 16.2. The van der Waals surface area contributed by atoms with Crippen molar-refractivity contribution in [3.05, 3.63) is 66.2 Å². The topological polar surface area (TPSA) is 70.5 Å². The number of amides is 2. The van der Waals surface area contributed by atoms with Crippen molar-refractivity contribution in [3.63, 3.8) is 0 Å². The Morgan fingerprint density at radius 3 is 2.53 bits per heavy atom. The van der Waals surface area contributed by atoms with Crippen molar-refractivity contribution in [2.45, 2.75) is 19.5 Å². The first kappa shape index (κ1) is 19.7. The van der Waals surface area contributed by atoms with Gasteiger partial charge < -0.3 is 10.2 Å². The number of nitrogens with one attached hydrogen (secondary N) is 1. The van der Waals surface area contributed by atoms with Crippen LogP contribution in [0.2, 0.25) is 0 Å². The van der Waals surface area contributed by atoms with Gasteiger partial charge in [-0.1, -0.05) is 42.5 Å². The highest BCUT2D eigenvalue weighted by Gasteiger charge is 2.28. The van der Waals surface area contributed by atoms with Crippen LogP contribution in [-0.2, 0) is 22.7 Å². The highest BCUT2D eigenvalue weighted by molar-refractivity contribution is 5.99. The number of fused-ring (bicyclic) bond motifs is 1. The largest absolute Gasteiger partial charge is 0.378 e. The zero-order chi connectivity index (χ0) is 21.1. The zero-order valence-corrected chi connectivity index (χ0v) is 17.2. The SMILES string of the molecule is CN(C)c1ccc(CNC(=O)CN2C(=O)CCn3nc(-c4ccccc4)cc32)cc1. The van der Waals surface area contributed by atoms with Crippen molar-refractivity contribution in [1.82, 2.24) is 15.1 Å². The second-order valence-electron chi connectivity index (χ2n) is 7.54.